The second-order valence-corrected chi connectivity index (χ2v) is 4.82. The molecule has 0 radical (unpaired) electrons. The molecule has 1 aromatic rings. The molecule has 1 fully saturated rings. The van der Waals surface area contributed by atoms with Crippen LogP contribution in [-0.2, 0) is 0 Å². The number of anilines is 1. The van der Waals surface area contributed by atoms with Crippen LogP contribution in [0.15, 0.2) is 18.3 Å². The molecule has 2 rings (SSSR count). The van der Waals surface area contributed by atoms with Gasteiger partial charge in [-0.1, -0.05) is 13.8 Å². The minimum absolute atomic E-state index is 0.531. The fraction of sp³-hybridized carbons (Fsp3) is 0.615. The molecular weight excluding hydrogens is 198 g/mol. The minimum atomic E-state index is 0.531. The highest BCUT2D eigenvalue weighted by Crippen LogP contribution is 2.17. The molecule has 0 saturated carbocycles. The van der Waals surface area contributed by atoms with E-state index < -0.39 is 0 Å². The monoisotopic (exact) mass is 219 g/mol. The summed E-state index contributed by atoms with van der Waals surface area (Å²) in [5.41, 5.74) is 1.35. The molecule has 0 aromatic carbocycles. The molecule has 3 heteroatoms. The quantitative estimate of drug-likeness (QED) is 0.819. The lowest BCUT2D eigenvalue weighted by molar-refractivity contribution is 0.479. The van der Waals surface area contributed by atoms with Gasteiger partial charge in [0.1, 0.15) is 5.82 Å². The zero-order valence-electron chi connectivity index (χ0n) is 10.2. The van der Waals surface area contributed by atoms with E-state index >= 15 is 0 Å². The van der Waals surface area contributed by atoms with E-state index in [1.807, 2.05) is 6.20 Å². The number of pyridine rings is 1. The molecule has 0 spiro atoms. The SMILES string of the molecule is CC(C)c1ccnc(NC2CCCNC2)c1. The van der Waals surface area contributed by atoms with Crippen LogP contribution >= 0.6 is 0 Å². The van der Waals surface area contributed by atoms with Crippen LogP contribution in [0, 0.1) is 0 Å². The number of rotatable bonds is 3. The predicted molar refractivity (Wildman–Crippen MR) is 67.8 cm³/mol. The predicted octanol–water partition coefficient (Wildman–Crippen LogP) is 2.37. The Morgan fingerprint density at radius 1 is 1.50 bits per heavy atom. The van der Waals surface area contributed by atoms with Gasteiger partial charge in [0.25, 0.3) is 0 Å². The highest BCUT2D eigenvalue weighted by atomic mass is 15.1. The van der Waals surface area contributed by atoms with Gasteiger partial charge >= 0.3 is 0 Å². The van der Waals surface area contributed by atoms with Gasteiger partial charge in [-0.3, -0.25) is 0 Å². The van der Waals surface area contributed by atoms with Crippen LogP contribution in [0.4, 0.5) is 5.82 Å². The largest absolute Gasteiger partial charge is 0.366 e. The minimum Gasteiger partial charge on any atom is -0.366 e. The summed E-state index contributed by atoms with van der Waals surface area (Å²) in [4.78, 5) is 4.38. The third-order valence-corrected chi connectivity index (χ3v) is 3.10. The van der Waals surface area contributed by atoms with Crippen molar-refractivity contribution >= 4 is 5.82 Å². The molecule has 1 atom stereocenters. The van der Waals surface area contributed by atoms with Crippen LogP contribution in [0.5, 0.6) is 0 Å². The zero-order valence-corrected chi connectivity index (χ0v) is 10.2. The van der Waals surface area contributed by atoms with Gasteiger partial charge in [-0.25, -0.2) is 4.98 Å². The summed E-state index contributed by atoms with van der Waals surface area (Å²) in [6.45, 7) is 6.62. The number of aromatic nitrogens is 1. The third kappa shape index (κ3) is 2.95. The van der Waals surface area contributed by atoms with Crippen molar-refractivity contribution in [2.75, 3.05) is 18.4 Å². The van der Waals surface area contributed by atoms with E-state index in [0.717, 1.165) is 18.9 Å². The van der Waals surface area contributed by atoms with Crippen molar-refractivity contribution < 1.29 is 0 Å². The highest BCUT2D eigenvalue weighted by Gasteiger charge is 2.13. The fourth-order valence-electron chi connectivity index (χ4n) is 2.07. The van der Waals surface area contributed by atoms with Crippen molar-refractivity contribution in [1.29, 1.82) is 0 Å². The van der Waals surface area contributed by atoms with Crippen molar-refractivity contribution in [1.82, 2.24) is 10.3 Å². The second-order valence-electron chi connectivity index (χ2n) is 4.82. The van der Waals surface area contributed by atoms with Crippen LogP contribution in [-0.4, -0.2) is 24.1 Å². The molecule has 1 aliphatic rings. The van der Waals surface area contributed by atoms with Crippen LogP contribution in [0.25, 0.3) is 0 Å². The van der Waals surface area contributed by atoms with Crippen LogP contribution in [0.3, 0.4) is 0 Å². The lowest BCUT2D eigenvalue weighted by atomic mass is 10.0. The molecule has 88 valence electrons. The van der Waals surface area contributed by atoms with Crippen molar-refractivity contribution in [2.45, 2.75) is 38.6 Å². The number of nitrogens with zero attached hydrogens (tertiary/aromatic N) is 1. The summed E-state index contributed by atoms with van der Waals surface area (Å²) in [6, 6.07) is 4.79. The zero-order chi connectivity index (χ0) is 11.4. The van der Waals surface area contributed by atoms with Gasteiger partial charge < -0.3 is 10.6 Å². The molecule has 2 heterocycles. The fourth-order valence-corrected chi connectivity index (χ4v) is 2.07. The molecule has 16 heavy (non-hydrogen) atoms. The van der Waals surface area contributed by atoms with E-state index in [1.165, 1.54) is 18.4 Å². The molecule has 0 aliphatic carbocycles. The maximum Gasteiger partial charge on any atom is 0.126 e. The third-order valence-electron chi connectivity index (χ3n) is 3.10. The normalized spacial score (nSPS) is 21.1. The Labute approximate surface area is 97.7 Å². The molecule has 1 aromatic heterocycles. The Morgan fingerprint density at radius 2 is 2.38 bits per heavy atom. The van der Waals surface area contributed by atoms with E-state index in [0.29, 0.717) is 12.0 Å². The number of hydrogen-bond acceptors (Lipinski definition) is 3. The average Bonchev–Trinajstić information content (AvgIpc) is 2.30. The van der Waals surface area contributed by atoms with Gasteiger partial charge in [0.05, 0.1) is 0 Å². The lowest BCUT2D eigenvalue weighted by Crippen LogP contribution is -2.38. The Hall–Kier alpha value is -1.09. The second kappa shape index (κ2) is 5.30. The van der Waals surface area contributed by atoms with E-state index in [9.17, 15) is 0 Å². The van der Waals surface area contributed by atoms with E-state index in [1.54, 1.807) is 0 Å². The van der Waals surface area contributed by atoms with E-state index in [4.69, 9.17) is 0 Å². The Balaban J connectivity index is 2.00. The van der Waals surface area contributed by atoms with Gasteiger partial charge in [-0.15, -0.1) is 0 Å². The van der Waals surface area contributed by atoms with Gasteiger partial charge in [0, 0.05) is 18.8 Å². The number of piperidine rings is 1. The molecule has 1 unspecified atom stereocenters. The summed E-state index contributed by atoms with van der Waals surface area (Å²) in [7, 11) is 0. The first-order valence-corrected chi connectivity index (χ1v) is 6.19. The summed E-state index contributed by atoms with van der Waals surface area (Å²) in [6.07, 6.45) is 4.38. The summed E-state index contributed by atoms with van der Waals surface area (Å²) >= 11 is 0. The van der Waals surface area contributed by atoms with E-state index in [-0.39, 0.29) is 0 Å². The van der Waals surface area contributed by atoms with Gasteiger partial charge in [-0.2, -0.15) is 0 Å². The Bertz CT molecular complexity index is 330. The van der Waals surface area contributed by atoms with Crippen molar-refractivity contribution in [3.63, 3.8) is 0 Å². The Morgan fingerprint density at radius 3 is 3.06 bits per heavy atom. The first-order chi connectivity index (χ1) is 7.75. The topological polar surface area (TPSA) is 37.0 Å². The van der Waals surface area contributed by atoms with Gasteiger partial charge in [-0.05, 0) is 43.0 Å². The average molecular weight is 219 g/mol. The smallest absolute Gasteiger partial charge is 0.126 e. The molecular formula is C13H21N3. The van der Waals surface area contributed by atoms with Crippen LogP contribution < -0.4 is 10.6 Å². The van der Waals surface area contributed by atoms with Crippen molar-refractivity contribution in [3.05, 3.63) is 23.9 Å². The van der Waals surface area contributed by atoms with Gasteiger partial charge in [0.2, 0.25) is 0 Å². The Kier molecular flexibility index (Phi) is 3.78. The van der Waals surface area contributed by atoms with Crippen LogP contribution in [0.2, 0.25) is 0 Å². The van der Waals surface area contributed by atoms with Crippen LogP contribution in [0.1, 0.15) is 38.2 Å². The maximum atomic E-state index is 4.38. The standard InChI is InChI=1S/C13H21N3/c1-10(2)11-5-7-15-13(8-11)16-12-4-3-6-14-9-12/h5,7-8,10,12,14H,3-4,6,9H2,1-2H3,(H,15,16). The first kappa shape index (κ1) is 11.4. The summed E-state index contributed by atoms with van der Waals surface area (Å²) < 4.78 is 0. The van der Waals surface area contributed by atoms with Crippen molar-refractivity contribution in [2.24, 2.45) is 0 Å². The maximum absolute atomic E-state index is 4.38. The van der Waals surface area contributed by atoms with Gasteiger partial charge in [0.15, 0.2) is 0 Å². The molecule has 0 bridgehead atoms. The molecule has 1 aliphatic heterocycles. The number of hydrogen-bond donors (Lipinski definition) is 2. The highest BCUT2D eigenvalue weighted by molar-refractivity contribution is 5.39. The molecule has 1 saturated heterocycles. The first-order valence-electron chi connectivity index (χ1n) is 6.19. The number of nitrogens with one attached hydrogen (secondary N) is 2. The van der Waals surface area contributed by atoms with E-state index in [2.05, 4.69) is 41.6 Å². The molecule has 3 nitrogen and oxygen atoms in total. The summed E-state index contributed by atoms with van der Waals surface area (Å²) in [5.74, 6) is 1.58. The summed E-state index contributed by atoms with van der Waals surface area (Å²) in [5, 5.41) is 6.90. The molecule has 2 N–H and O–H groups in total. The van der Waals surface area contributed by atoms with Crippen molar-refractivity contribution in [3.8, 4) is 0 Å². The lowest BCUT2D eigenvalue weighted by Gasteiger charge is -2.24. The molecule has 0 amide bonds.